The Morgan fingerprint density at radius 2 is 2.11 bits per heavy atom. The fourth-order valence-corrected chi connectivity index (χ4v) is 2.11. The lowest BCUT2D eigenvalue weighted by molar-refractivity contribution is 0.467. The van der Waals surface area contributed by atoms with Gasteiger partial charge in [-0.15, -0.1) is 0 Å². The molecule has 0 amide bonds. The van der Waals surface area contributed by atoms with Gasteiger partial charge in [0.05, 0.1) is 5.56 Å². The highest BCUT2D eigenvalue weighted by Crippen LogP contribution is 2.30. The fraction of sp³-hybridized carbons (Fsp3) is 0.308. The molecule has 0 saturated carbocycles. The maximum atomic E-state index is 9.04. The Balaban J connectivity index is 2.27. The number of hydrogen-bond acceptors (Lipinski definition) is 6. The quantitative estimate of drug-likeness (QED) is 0.850. The van der Waals surface area contributed by atoms with Crippen LogP contribution >= 0.6 is 11.5 Å². The van der Waals surface area contributed by atoms with Crippen LogP contribution in [0.3, 0.4) is 0 Å². The van der Waals surface area contributed by atoms with Crippen molar-refractivity contribution in [2.75, 3.05) is 5.73 Å². The van der Waals surface area contributed by atoms with Crippen molar-refractivity contribution in [3.8, 4) is 17.0 Å². The van der Waals surface area contributed by atoms with Crippen molar-refractivity contribution in [2.24, 2.45) is 0 Å². The predicted octanol–water partition coefficient (Wildman–Crippen LogP) is 3.08. The molecular formula is C13H14N4OS. The molecule has 0 aliphatic rings. The van der Waals surface area contributed by atoms with Gasteiger partial charge in [0.2, 0.25) is 0 Å². The van der Waals surface area contributed by atoms with Gasteiger partial charge < -0.3 is 10.5 Å². The smallest absolute Gasteiger partial charge is 0.298 e. The normalized spacial score (nSPS) is 11.1. The molecule has 0 saturated heterocycles. The molecule has 0 radical (unpaired) electrons. The molecule has 19 heavy (non-hydrogen) atoms. The lowest BCUT2D eigenvalue weighted by Gasteiger charge is -2.12. The predicted molar refractivity (Wildman–Crippen MR) is 74.3 cm³/mol. The Hall–Kier alpha value is -2.13. The van der Waals surface area contributed by atoms with Gasteiger partial charge in [-0.05, 0) is 18.2 Å². The summed E-state index contributed by atoms with van der Waals surface area (Å²) in [6.45, 7) is 6.09. The summed E-state index contributed by atoms with van der Waals surface area (Å²) in [4.78, 5) is 4.32. The maximum absolute atomic E-state index is 9.04. The number of nitriles is 1. The van der Waals surface area contributed by atoms with E-state index in [9.17, 15) is 0 Å². The van der Waals surface area contributed by atoms with E-state index < -0.39 is 0 Å². The number of nitrogens with two attached hydrogens (primary N) is 1. The van der Waals surface area contributed by atoms with Crippen LogP contribution in [0.2, 0.25) is 0 Å². The first-order valence-electron chi connectivity index (χ1n) is 5.72. The van der Waals surface area contributed by atoms with Crippen molar-refractivity contribution in [3.05, 3.63) is 29.6 Å². The molecule has 0 aliphatic heterocycles. The highest BCUT2D eigenvalue weighted by molar-refractivity contribution is 7.07. The Labute approximate surface area is 115 Å². The molecule has 1 aromatic heterocycles. The van der Waals surface area contributed by atoms with E-state index in [4.69, 9.17) is 15.7 Å². The topological polar surface area (TPSA) is 84.8 Å². The number of benzene rings is 1. The number of anilines is 1. The van der Waals surface area contributed by atoms with Crippen molar-refractivity contribution in [1.29, 1.82) is 5.26 Å². The number of hydrogen-bond donors (Lipinski definition) is 1. The summed E-state index contributed by atoms with van der Waals surface area (Å²) in [6.07, 6.45) is 0. The first kappa shape index (κ1) is 13.3. The number of ether oxygens (including phenoxy) is 1. The molecule has 0 unspecified atom stereocenters. The van der Waals surface area contributed by atoms with Crippen LogP contribution in [-0.4, -0.2) is 9.36 Å². The second-order valence-electron chi connectivity index (χ2n) is 5.10. The number of nitrogens with zero attached hydrogens (tertiary/aromatic N) is 3. The number of aromatic nitrogens is 2. The zero-order valence-electron chi connectivity index (χ0n) is 11.0. The Morgan fingerprint density at radius 1 is 1.37 bits per heavy atom. The van der Waals surface area contributed by atoms with Crippen LogP contribution in [0.4, 0.5) is 5.69 Å². The van der Waals surface area contributed by atoms with Crippen LogP contribution in [0.1, 0.15) is 32.2 Å². The van der Waals surface area contributed by atoms with Gasteiger partial charge in [-0.3, -0.25) is 0 Å². The van der Waals surface area contributed by atoms with E-state index in [1.54, 1.807) is 18.2 Å². The Bertz CT molecular complexity index is 637. The molecule has 0 atom stereocenters. The van der Waals surface area contributed by atoms with Gasteiger partial charge in [-0.2, -0.15) is 14.6 Å². The minimum atomic E-state index is -0.128. The van der Waals surface area contributed by atoms with E-state index in [-0.39, 0.29) is 5.41 Å². The number of rotatable bonds is 2. The van der Waals surface area contributed by atoms with Crippen LogP contribution in [0.5, 0.6) is 10.9 Å². The standard InChI is InChI=1S/C13H14N4OS/c1-13(2,3)11-16-12(19-17-11)18-10-5-4-9(15)6-8(10)7-14/h4-6H,15H2,1-3H3. The third kappa shape index (κ3) is 3.01. The molecule has 0 aliphatic carbocycles. The summed E-state index contributed by atoms with van der Waals surface area (Å²) in [5.41, 5.74) is 6.40. The van der Waals surface area contributed by atoms with Gasteiger partial charge in [0.15, 0.2) is 5.82 Å². The van der Waals surface area contributed by atoms with E-state index in [2.05, 4.69) is 9.36 Å². The second kappa shape index (κ2) is 4.86. The van der Waals surface area contributed by atoms with Crippen molar-refractivity contribution in [2.45, 2.75) is 26.2 Å². The molecule has 0 spiro atoms. The van der Waals surface area contributed by atoms with Crippen molar-refractivity contribution in [3.63, 3.8) is 0 Å². The van der Waals surface area contributed by atoms with Gasteiger partial charge in [0.25, 0.3) is 5.19 Å². The summed E-state index contributed by atoms with van der Waals surface area (Å²) in [7, 11) is 0. The molecule has 2 N–H and O–H groups in total. The SMILES string of the molecule is CC(C)(C)c1nsc(Oc2ccc(N)cc2C#N)n1. The molecule has 1 aromatic carbocycles. The third-order valence-corrected chi connectivity index (χ3v) is 2.99. The minimum Gasteiger partial charge on any atom is -0.428 e. The van der Waals surface area contributed by atoms with E-state index in [0.29, 0.717) is 22.2 Å². The minimum absolute atomic E-state index is 0.128. The molecule has 1 heterocycles. The highest BCUT2D eigenvalue weighted by Gasteiger charge is 2.20. The van der Waals surface area contributed by atoms with E-state index in [1.165, 1.54) is 11.5 Å². The van der Waals surface area contributed by atoms with Gasteiger partial charge in [0, 0.05) is 22.6 Å². The largest absolute Gasteiger partial charge is 0.428 e. The fourth-order valence-electron chi connectivity index (χ4n) is 1.37. The molecule has 2 rings (SSSR count). The molecule has 5 nitrogen and oxygen atoms in total. The molecular weight excluding hydrogens is 260 g/mol. The first-order valence-corrected chi connectivity index (χ1v) is 6.49. The average Bonchev–Trinajstić information content (AvgIpc) is 2.79. The molecule has 0 fully saturated rings. The zero-order valence-corrected chi connectivity index (χ0v) is 11.8. The van der Waals surface area contributed by atoms with Crippen LogP contribution < -0.4 is 10.5 Å². The zero-order chi connectivity index (χ0) is 14.0. The Morgan fingerprint density at radius 3 is 2.68 bits per heavy atom. The monoisotopic (exact) mass is 274 g/mol. The maximum Gasteiger partial charge on any atom is 0.298 e. The van der Waals surface area contributed by atoms with Crippen LogP contribution in [0.15, 0.2) is 18.2 Å². The highest BCUT2D eigenvalue weighted by atomic mass is 32.1. The van der Waals surface area contributed by atoms with Crippen LogP contribution in [-0.2, 0) is 5.41 Å². The third-order valence-electron chi connectivity index (χ3n) is 2.40. The molecule has 6 heteroatoms. The van der Waals surface area contributed by atoms with Crippen LogP contribution in [0, 0.1) is 11.3 Å². The summed E-state index contributed by atoms with van der Waals surface area (Å²) in [5, 5.41) is 9.46. The lowest BCUT2D eigenvalue weighted by Crippen LogP contribution is -2.12. The average molecular weight is 274 g/mol. The van der Waals surface area contributed by atoms with Gasteiger partial charge in [-0.1, -0.05) is 20.8 Å². The van der Waals surface area contributed by atoms with Crippen molar-refractivity contribution < 1.29 is 4.74 Å². The first-order chi connectivity index (χ1) is 8.90. The summed E-state index contributed by atoms with van der Waals surface area (Å²) in [5.74, 6) is 1.16. The van der Waals surface area contributed by atoms with Gasteiger partial charge in [-0.25, -0.2) is 0 Å². The Kier molecular flexibility index (Phi) is 3.40. The summed E-state index contributed by atoms with van der Waals surface area (Å²) in [6, 6.07) is 6.96. The molecule has 0 bridgehead atoms. The molecule has 98 valence electrons. The second-order valence-corrected chi connectivity index (χ2v) is 5.82. The van der Waals surface area contributed by atoms with Crippen LogP contribution in [0.25, 0.3) is 0 Å². The molecule has 2 aromatic rings. The lowest BCUT2D eigenvalue weighted by atomic mass is 9.96. The van der Waals surface area contributed by atoms with Crippen molar-refractivity contribution in [1.82, 2.24) is 9.36 Å². The van der Waals surface area contributed by atoms with Gasteiger partial charge >= 0.3 is 0 Å². The van der Waals surface area contributed by atoms with E-state index in [1.807, 2.05) is 26.8 Å². The van der Waals surface area contributed by atoms with E-state index in [0.717, 1.165) is 5.82 Å². The summed E-state index contributed by atoms with van der Waals surface area (Å²) >= 11 is 1.17. The van der Waals surface area contributed by atoms with Crippen molar-refractivity contribution >= 4 is 17.2 Å². The summed E-state index contributed by atoms with van der Waals surface area (Å²) < 4.78 is 9.85. The van der Waals surface area contributed by atoms with Gasteiger partial charge in [0.1, 0.15) is 11.8 Å². The van der Waals surface area contributed by atoms with E-state index >= 15 is 0 Å². The number of nitrogen functional groups attached to an aromatic ring is 1.